The summed E-state index contributed by atoms with van der Waals surface area (Å²) in [4.78, 5) is 0. The van der Waals surface area contributed by atoms with E-state index in [0.29, 0.717) is 22.6 Å². The number of ether oxygens (including phenoxy) is 1. The highest BCUT2D eigenvalue weighted by Crippen LogP contribution is 2.28. The quantitative estimate of drug-likeness (QED) is 0.874. The zero-order valence-corrected chi connectivity index (χ0v) is 11.7. The summed E-state index contributed by atoms with van der Waals surface area (Å²) < 4.78 is 18.7. The predicted octanol–water partition coefficient (Wildman–Crippen LogP) is 4.52. The van der Waals surface area contributed by atoms with Gasteiger partial charge in [-0.1, -0.05) is 23.7 Å². The molecule has 1 saturated carbocycles. The van der Waals surface area contributed by atoms with E-state index in [1.807, 2.05) is 12.1 Å². The fraction of sp³-hybridized carbons (Fsp3) is 0.250. The molecule has 1 fully saturated rings. The van der Waals surface area contributed by atoms with Crippen molar-refractivity contribution in [1.82, 2.24) is 5.32 Å². The van der Waals surface area contributed by atoms with Crippen LogP contribution in [0.4, 0.5) is 4.39 Å². The molecule has 3 rings (SSSR count). The molecule has 104 valence electrons. The second kappa shape index (κ2) is 5.81. The Morgan fingerprint density at radius 1 is 1.15 bits per heavy atom. The Kier molecular flexibility index (Phi) is 3.90. The van der Waals surface area contributed by atoms with Crippen LogP contribution in [0.25, 0.3) is 0 Å². The first-order valence-corrected chi connectivity index (χ1v) is 7.04. The van der Waals surface area contributed by atoms with E-state index in [1.54, 1.807) is 18.2 Å². The van der Waals surface area contributed by atoms with E-state index >= 15 is 0 Å². The van der Waals surface area contributed by atoms with Gasteiger partial charge in [-0.25, -0.2) is 4.39 Å². The second-order valence-electron chi connectivity index (χ2n) is 4.97. The van der Waals surface area contributed by atoms with Crippen molar-refractivity contribution in [2.24, 2.45) is 0 Å². The third kappa shape index (κ3) is 3.50. The Labute approximate surface area is 122 Å². The molecule has 1 aliphatic rings. The van der Waals surface area contributed by atoms with E-state index in [9.17, 15) is 4.39 Å². The highest BCUT2D eigenvalue weighted by atomic mass is 35.5. The van der Waals surface area contributed by atoms with Gasteiger partial charge in [0.25, 0.3) is 0 Å². The molecule has 2 aromatic rings. The maximum Gasteiger partial charge on any atom is 0.130 e. The van der Waals surface area contributed by atoms with E-state index < -0.39 is 0 Å². The van der Waals surface area contributed by atoms with Gasteiger partial charge in [-0.05, 0) is 42.7 Å². The monoisotopic (exact) mass is 291 g/mol. The molecule has 0 unspecified atom stereocenters. The van der Waals surface area contributed by atoms with Crippen molar-refractivity contribution in [2.75, 3.05) is 0 Å². The summed E-state index contributed by atoms with van der Waals surface area (Å²) in [7, 11) is 0. The van der Waals surface area contributed by atoms with E-state index in [2.05, 4.69) is 5.32 Å². The molecule has 20 heavy (non-hydrogen) atoms. The lowest BCUT2D eigenvalue weighted by molar-refractivity contribution is 0.476. The fourth-order valence-electron chi connectivity index (χ4n) is 1.94. The molecule has 0 saturated heterocycles. The minimum absolute atomic E-state index is 0.321. The van der Waals surface area contributed by atoms with Crippen LogP contribution in [0.15, 0.2) is 42.5 Å². The molecule has 0 atom stereocenters. The summed E-state index contributed by atoms with van der Waals surface area (Å²) >= 11 is 6.24. The molecule has 2 nitrogen and oxygen atoms in total. The number of halogens is 2. The van der Waals surface area contributed by atoms with E-state index in [-0.39, 0.29) is 5.82 Å². The van der Waals surface area contributed by atoms with Gasteiger partial charge in [-0.3, -0.25) is 0 Å². The maximum atomic E-state index is 13.1. The molecule has 0 bridgehead atoms. The average Bonchev–Trinajstić information content (AvgIpc) is 3.22. The second-order valence-corrected chi connectivity index (χ2v) is 5.38. The van der Waals surface area contributed by atoms with Gasteiger partial charge in [0.1, 0.15) is 17.3 Å². The Morgan fingerprint density at radius 2 is 1.95 bits per heavy atom. The van der Waals surface area contributed by atoms with Crippen molar-refractivity contribution in [2.45, 2.75) is 25.4 Å². The van der Waals surface area contributed by atoms with Crippen molar-refractivity contribution < 1.29 is 9.13 Å². The lowest BCUT2D eigenvalue weighted by Gasteiger charge is -2.09. The lowest BCUT2D eigenvalue weighted by atomic mass is 10.2. The summed E-state index contributed by atoms with van der Waals surface area (Å²) in [5.41, 5.74) is 1.05. The minimum atomic E-state index is -0.321. The highest BCUT2D eigenvalue weighted by molar-refractivity contribution is 6.31. The van der Waals surface area contributed by atoms with Crippen molar-refractivity contribution in [3.63, 3.8) is 0 Å². The summed E-state index contributed by atoms with van der Waals surface area (Å²) in [5.74, 6) is 0.750. The molecule has 0 spiro atoms. The number of rotatable bonds is 5. The Morgan fingerprint density at radius 3 is 2.65 bits per heavy atom. The van der Waals surface area contributed by atoms with Crippen molar-refractivity contribution >= 4 is 11.6 Å². The van der Waals surface area contributed by atoms with Gasteiger partial charge in [-0.2, -0.15) is 0 Å². The third-order valence-corrected chi connectivity index (χ3v) is 3.57. The first-order valence-electron chi connectivity index (χ1n) is 6.66. The molecule has 2 aromatic carbocycles. The summed E-state index contributed by atoms with van der Waals surface area (Å²) in [6.07, 6.45) is 2.50. The van der Waals surface area contributed by atoms with Crippen LogP contribution in [-0.4, -0.2) is 6.04 Å². The molecule has 1 aliphatic carbocycles. The van der Waals surface area contributed by atoms with Crippen LogP contribution in [0.3, 0.4) is 0 Å². The van der Waals surface area contributed by atoms with E-state index in [1.165, 1.54) is 25.0 Å². The van der Waals surface area contributed by atoms with Crippen molar-refractivity contribution in [1.29, 1.82) is 0 Å². The largest absolute Gasteiger partial charge is 0.457 e. The average molecular weight is 292 g/mol. The van der Waals surface area contributed by atoms with Crippen LogP contribution in [0.5, 0.6) is 11.5 Å². The molecular formula is C16H15ClFNO. The predicted molar refractivity (Wildman–Crippen MR) is 77.8 cm³/mol. The van der Waals surface area contributed by atoms with Gasteiger partial charge < -0.3 is 10.1 Å². The molecule has 0 aromatic heterocycles. The highest BCUT2D eigenvalue weighted by Gasteiger charge is 2.20. The minimum Gasteiger partial charge on any atom is -0.457 e. The maximum absolute atomic E-state index is 13.1. The summed E-state index contributed by atoms with van der Waals surface area (Å²) in [5, 5.41) is 4.07. The zero-order valence-electron chi connectivity index (χ0n) is 10.9. The van der Waals surface area contributed by atoms with Crippen LogP contribution in [0, 0.1) is 5.82 Å². The molecule has 1 N–H and O–H groups in total. The van der Waals surface area contributed by atoms with Crippen LogP contribution in [0.1, 0.15) is 18.4 Å². The van der Waals surface area contributed by atoms with Crippen molar-refractivity contribution in [3.8, 4) is 11.5 Å². The van der Waals surface area contributed by atoms with E-state index in [4.69, 9.17) is 16.3 Å². The van der Waals surface area contributed by atoms with Gasteiger partial charge in [-0.15, -0.1) is 0 Å². The SMILES string of the molecule is Fc1cccc(Oc2ccc(CNC3CC3)c(Cl)c2)c1. The fourth-order valence-corrected chi connectivity index (χ4v) is 2.18. The first kappa shape index (κ1) is 13.4. The van der Waals surface area contributed by atoms with Gasteiger partial charge in [0.05, 0.1) is 0 Å². The third-order valence-electron chi connectivity index (χ3n) is 3.21. The van der Waals surface area contributed by atoms with Gasteiger partial charge in [0.15, 0.2) is 0 Å². The van der Waals surface area contributed by atoms with Gasteiger partial charge in [0.2, 0.25) is 0 Å². The number of benzene rings is 2. The molecule has 0 aliphatic heterocycles. The van der Waals surface area contributed by atoms with Gasteiger partial charge in [0, 0.05) is 23.7 Å². The van der Waals surface area contributed by atoms with Crippen LogP contribution < -0.4 is 10.1 Å². The number of hydrogen-bond donors (Lipinski definition) is 1. The van der Waals surface area contributed by atoms with Crippen LogP contribution in [-0.2, 0) is 6.54 Å². The zero-order chi connectivity index (χ0) is 13.9. The molecule has 0 heterocycles. The Bertz CT molecular complexity index is 613. The standard InChI is InChI=1S/C16H15ClFNO/c17-16-9-15(20-14-3-1-2-12(18)8-14)7-4-11(16)10-19-13-5-6-13/h1-4,7-9,13,19H,5-6,10H2. The van der Waals surface area contributed by atoms with Crippen molar-refractivity contribution in [3.05, 3.63) is 58.9 Å². The normalized spacial score (nSPS) is 14.3. The van der Waals surface area contributed by atoms with E-state index in [0.717, 1.165) is 12.1 Å². The van der Waals surface area contributed by atoms with Crippen LogP contribution >= 0.6 is 11.6 Å². The summed E-state index contributed by atoms with van der Waals surface area (Å²) in [6.45, 7) is 0.768. The van der Waals surface area contributed by atoms with Crippen LogP contribution in [0.2, 0.25) is 5.02 Å². The smallest absolute Gasteiger partial charge is 0.130 e. The molecule has 0 amide bonds. The topological polar surface area (TPSA) is 21.3 Å². The first-order chi connectivity index (χ1) is 9.70. The number of hydrogen-bond acceptors (Lipinski definition) is 2. The van der Waals surface area contributed by atoms with Gasteiger partial charge >= 0.3 is 0 Å². The molecular weight excluding hydrogens is 277 g/mol. The number of nitrogens with one attached hydrogen (secondary N) is 1. The molecule has 0 radical (unpaired) electrons. The molecule has 4 heteroatoms. The Hall–Kier alpha value is -1.58. The summed E-state index contributed by atoms with van der Waals surface area (Å²) in [6, 6.07) is 12.2. The lowest BCUT2D eigenvalue weighted by Crippen LogP contribution is -2.15. The Balaban J connectivity index is 1.69.